The summed E-state index contributed by atoms with van der Waals surface area (Å²) in [7, 11) is 0. The van der Waals surface area contributed by atoms with E-state index in [1.165, 1.54) is 17.5 Å². The molecule has 1 heterocycles. The lowest BCUT2D eigenvalue weighted by Gasteiger charge is -2.09. The minimum atomic E-state index is 0.0764. The molecule has 1 aliphatic heterocycles. The summed E-state index contributed by atoms with van der Waals surface area (Å²) in [5.41, 5.74) is 8.30. The van der Waals surface area contributed by atoms with E-state index in [1.54, 1.807) is 0 Å². The van der Waals surface area contributed by atoms with Gasteiger partial charge in [0.15, 0.2) is 0 Å². The largest absolute Gasteiger partial charge is 0.497 e. The fourth-order valence-corrected chi connectivity index (χ4v) is 2.01. The van der Waals surface area contributed by atoms with Crippen LogP contribution in [0.25, 0.3) is 0 Å². The Morgan fingerprint density at radius 2 is 1.35 bits per heavy atom. The zero-order chi connectivity index (χ0) is 16.9. The lowest BCUT2D eigenvalue weighted by Crippen LogP contribution is -2.21. The fourth-order valence-electron chi connectivity index (χ4n) is 2.01. The highest BCUT2D eigenvalue weighted by atomic mass is 16.5. The monoisotopic (exact) mass is 311 g/mol. The van der Waals surface area contributed by atoms with Crippen LogP contribution in [0.1, 0.15) is 30.4 Å². The van der Waals surface area contributed by atoms with Crippen LogP contribution in [0.3, 0.4) is 0 Å². The smallest absolute Gasteiger partial charge is 0.105 e. The summed E-state index contributed by atoms with van der Waals surface area (Å²) in [4.78, 5) is 0. The van der Waals surface area contributed by atoms with Gasteiger partial charge in [-0.3, -0.25) is 0 Å². The molecule has 2 aromatic rings. The summed E-state index contributed by atoms with van der Waals surface area (Å²) in [6, 6.07) is 20.6. The van der Waals surface area contributed by atoms with Gasteiger partial charge in [0.25, 0.3) is 0 Å². The number of rotatable bonds is 0. The first-order chi connectivity index (χ1) is 11.1. The summed E-state index contributed by atoms with van der Waals surface area (Å²) in [6.07, 6.45) is 3.31. The van der Waals surface area contributed by atoms with Gasteiger partial charge >= 0.3 is 0 Å². The van der Waals surface area contributed by atoms with Crippen molar-refractivity contribution < 1.29 is 4.74 Å². The standard InChI is InChI=1S/C7H13NO.2C7H8/c1-6-7(8)4-2-3-5-9-6;2*1-7-5-3-2-4-6-7/h7H,1-5,8H2;2*2-6H,1H3. The van der Waals surface area contributed by atoms with Gasteiger partial charge < -0.3 is 10.5 Å². The van der Waals surface area contributed by atoms with Crippen LogP contribution in [0.5, 0.6) is 0 Å². The Morgan fingerprint density at radius 3 is 1.74 bits per heavy atom. The average molecular weight is 311 g/mol. The van der Waals surface area contributed by atoms with Gasteiger partial charge in [-0.25, -0.2) is 0 Å². The third kappa shape index (κ3) is 9.54. The Hall–Kier alpha value is -2.06. The van der Waals surface area contributed by atoms with Gasteiger partial charge in [-0.05, 0) is 33.1 Å². The second kappa shape index (κ2) is 11.5. The van der Waals surface area contributed by atoms with Gasteiger partial charge in [0.2, 0.25) is 0 Å². The first-order valence-corrected chi connectivity index (χ1v) is 8.20. The van der Waals surface area contributed by atoms with Crippen molar-refractivity contribution in [3.05, 3.63) is 84.1 Å². The Balaban J connectivity index is 0.000000175. The van der Waals surface area contributed by atoms with E-state index in [2.05, 4.69) is 44.7 Å². The molecule has 2 heteroatoms. The van der Waals surface area contributed by atoms with Crippen molar-refractivity contribution in [2.45, 2.75) is 39.2 Å². The van der Waals surface area contributed by atoms with Crippen LogP contribution in [0.2, 0.25) is 0 Å². The zero-order valence-electron chi connectivity index (χ0n) is 14.4. The van der Waals surface area contributed by atoms with Gasteiger partial charge in [-0.15, -0.1) is 0 Å². The van der Waals surface area contributed by atoms with E-state index < -0.39 is 0 Å². The van der Waals surface area contributed by atoms with Crippen LogP contribution in [-0.2, 0) is 4.74 Å². The lowest BCUT2D eigenvalue weighted by molar-refractivity contribution is 0.208. The van der Waals surface area contributed by atoms with E-state index in [0.29, 0.717) is 0 Å². The van der Waals surface area contributed by atoms with Gasteiger partial charge in [0.1, 0.15) is 5.76 Å². The van der Waals surface area contributed by atoms with Crippen molar-refractivity contribution in [3.63, 3.8) is 0 Å². The molecule has 0 bridgehead atoms. The van der Waals surface area contributed by atoms with Crippen LogP contribution < -0.4 is 5.73 Å². The minimum Gasteiger partial charge on any atom is -0.497 e. The summed E-state index contributed by atoms with van der Waals surface area (Å²) in [5, 5.41) is 0. The van der Waals surface area contributed by atoms with Crippen molar-refractivity contribution >= 4 is 0 Å². The maximum absolute atomic E-state index is 5.65. The van der Waals surface area contributed by atoms with Gasteiger partial charge in [0, 0.05) is 0 Å². The molecule has 124 valence electrons. The third-order valence-electron chi connectivity index (χ3n) is 3.49. The highest BCUT2D eigenvalue weighted by Gasteiger charge is 2.11. The normalized spacial score (nSPS) is 16.7. The molecule has 1 aliphatic rings. The Bertz CT molecular complexity index is 499. The molecule has 2 N–H and O–H groups in total. The highest BCUT2D eigenvalue weighted by molar-refractivity contribution is 5.12. The molecule has 23 heavy (non-hydrogen) atoms. The molecule has 0 saturated carbocycles. The van der Waals surface area contributed by atoms with Crippen molar-refractivity contribution in [3.8, 4) is 0 Å². The molecule has 1 atom stereocenters. The van der Waals surface area contributed by atoms with Crippen LogP contribution in [0.4, 0.5) is 0 Å². The molecule has 0 radical (unpaired) electrons. The molecule has 0 spiro atoms. The van der Waals surface area contributed by atoms with Crippen molar-refractivity contribution in [2.24, 2.45) is 5.73 Å². The van der Waals surface area contributed by atoms with Crippen molar-refractivity contribution in [2.75, 3.05) is 6.61 Å². The maximum atomic E-state index is 5.65. The maximum Gasteiger partial charge on any atom is 0.105 e. The number of aryl methyl sites for hydroxylation is 2. The topological polar surface area (TPSA) is 35.2 Å². The minimum absolute atomic E-state index is 0.0764. The fraction of sp³-hybridized carbons (Fsp3) is 0.333. The zero-order valence-corrected chi connectivity index (χ0v) is 14.4. The summed E-state index contributed by atoms with van der Waals surface area (Å²) in [6.45, 7) is 8.67. The van der Waals surface area contributed by atoms with Gasteiger partial charge in [-0.2, -0.15) is 0 Å². The third-order valence-corrected chi connectivity index (χ3v) is 3.49. The molecule has 2 nitrogen and oxygen atoms in total. The predicted molar refractivity (Wildman–Crippen MR) is 99.3 cm³/mol. The number of benzene rings is 2. The molecule has 3 rings (SSSR count). The molecule has 1 unspecified atom stereocenters. The Morgan fingerprint density at radius 1 is 0.870 bits per heavy atom. The van der Waals surface area contributed by atoms with Crippen molar-refractivity contribution in [1.29, 1.82) is 0 Å². The van der Waals surface area contributed by atoms with E-state index >= 15 is 0 Å². The van der Waals surface area contributed by atoms with E-state index in [4.69, 9.17) is 10.5 Å². The SMILES string of the molecule is C=C1OCCCCC1N.Cc1ccccc1.Cc1ccccc1. The first-order valence-electron chi connectivity index (χ1n) is 8.20. The number of hydrogen-bond acceptors (Lipinski definition) is 2. The highest BCUT2D eigenvalue weighted by Crippen LogP contribution is 2.12. The second-order valence-electron chi connectivity index (χ2n) is 5.73. The molecule has 0 amide bonds. The van der Waals surface area contributed by atoms with Crippen LogP contribution in [0.15, 0.2) is 73.0 Å². The Labute approximate surface area is 141 Å². The molecule has 0 aromatic heterocycles. The quantitative estimate of drug-likeness (QED) is 0.741. The molecule has 0 aliphatic carbocycles. The van der Waals surface area contributed by atoms with E-state index in [-0.39, 0.29) is 6.04 Å². The molecule has 1 fully saturated rings. The van der Waals surface area contributed by atoms with E-state index in [1.807, 2.05) is 36.4 Å². The van der Waals surface area contributed by atoms with Crippen LogP contribution in [-0.4, -0.2) is 12.6 Å². The van der Waals surface area contributed by atoms with Crippen LogP contribution in [0, 0.1) is 13.8 Å². The number of hydrogen-bond donors (Lipinski definition) is 1. The van der Waals surface area contributed by atoms with Gasteiger partial charge in [-0.1, -0.05) is 78.4 Å². The van der Waals surface area contributed by atoms with Crippen LogP contribution >= 0.6 is 0 Å². The average Bonchev–Trinajstić information content (AvgIpc) is 2.75. The lowest BCUT2D eigenvalue weighted by atomic mass is 10.1. The van der Waals surface area contributed by atoms with Crippen molar-refractivity contribution in [1.82, 2.24) is 0 Å². The summed E-state index contributed by atoms with van der Waals surface area (Å²) < 4.78 is 5.20. The van der Waals surface area contributed by atoms with Gasteiger partial charge in [0.05, 0.1) is 12.6 Å². The summed E-state index contributed by atoms with van der Waals surface area (Å²) in [5.74, 6) is 0.757. The molecular formula is C21H29NO. The second-order valence-corrected chi connectivity index (χ2v) is 5.73. The Kier molecular flexibility index (Phi) is 9.49. The molecular weight excluding hydrogens is 282 g/mol. The summed E-state index contributed by atoms with van der Waals surface area (Å²) >= 11 is 0. The predicted octanol–water partition coefficient (Wildman–Crippen LogP) is 5.02. The molecule has 2 aromatic carbocycles. The first kappa shape index (κ1) is 19.0. The van der Waals surface area contributed by atoms with E-state index in [9.17, 15) is 0 Å². The van der Waals surface area contributed by atoms with E-state index in [0.717, 1.165) is 25.2 Å². The number of ether oxygens (including phenoxy) is 1. The number of nitrogens with two attached hydrogens (primary N) is 1. The molecule has 1 saturated heterocycles.